The Morgan fingerprint density at radius 3 is 2.50 bits per heavy atom. The molecule has 4 rings (SSSR count). The predicted molar refractivity (Wildman–Crippen MR) is 130 cm³/mol. The van der Waals surface area contributed by atoms with Crippen LogP contribution in [-0.2, 0) is 11.3 Å². The molecule has 1 saturated heterocycles. The highest BCUT2D eigenvalue weighted by molar-refractivity contribution is 5.96. The standard InChI is InChI=1S/C26H31N5O3/c1-4-34-26(33)22-11-12-23(27-17-22)29-13-8-14-30(16-15-29)25(32)24-19(2)28-31(20(24)3)18-21-9-6-5-7-10-21/h5-7,9-12,17H,4,8,13-16,18H2,1-3H3. The van der Waals surface area contributed by atoms with Gasteiger partial charge < -0.3 is 14.5 Å². The Hall–Kier alpha value is -3.68. The van der Waals surface area contributed by atoms with E-state index in [1.54, 1.807) is 19.2 Å². The molecule has 0 saturated carbocycles. The molecule has 1 aliphatic rings. The Labute approximate surface area is 200 Å². The van der Waals surface area contributed by atoms with E-state index in [9.17, 15) is 9.59 Å². The summed E-state index contributed by atoms with van der Waals surface area (Å²) in [5.74, 6) is 0.458. The Morgan fingerprint density at radius 2 is 1.79 bits per heavy atom. The maximum Gasteiger partial charge on any atom is 0.339 e. The van der Waals surface area contributed by atoms with Crippen molar-refractivity contribution in [2.75, 3.05) is 37.7 Å². The van der Waals surface area contributed by atoms with Crippen molar-refractivity contribution in [2.45, 2.75) is 33.7 Å². The number of hydrogen-bond acceptors (Lipinski definition) is 6. The van der Waals surface area contributed by atoms with E-state index in [2.05, 4.69) is 27.1 Å². The van der Waals surface area contributed by atoms with Gasteiger partial charge in [-0.3, -0.25) is 9.48 Å². The van der Waals surface area contributed by atoms with Crippen LogP contribution < -0.4 is 4.90 Å². The van der Waals surface area contributed by atoms with Gasteiger partial charge in [-0.1, -0.05) is 30.3 Å². The van der Waals surface area contributed by atoms with Crippen molar-refractivity contribution in [3.8, 4) is 0 Å². The number of anilines is 1. The van der Waals surface area contributed by atoms with E-state index < -0.39 is 0 Å². The molecule has 34 heavy (non-hydrogen) atoms. The molecule has 8 nitrogen and oxygen atoms in total. The summed E-state index contributed by atoms with van der Waals surface area (Å²) in [6, 6.07) is 13.7. The molecule has 178 valence electrons. The molecule has 1 aliphatic heterocycles. The van der Waals surface area contributed by atoms with Gasteiger partial charge in [0.15, 0.2) is 0 Å². The SMILES string of the molecule is CCOC(=O)c1ccc(N2CCCN(C(=O)c3c(C)nn(Cc4ccccc4)c3C)CC2)nc1. The lowest BCUT2D eigenvalue weighted by atomic mass is 10.1. The van der Waals surface area contributed by atoms with Crippen LogP contribution in [0.1, 0.15) is 51.0 Å². The van der Waals surface area contributed by atoms with Crippen molar-refractivity contribution in [3.63, 3.8) is 0 Å². The van der Waals surface area contributed by atoms with Crippen LogP contribution >= 0.6 is 0 Å². The van der Waals surface area contributed by atoms with Crippen LogP contribution in [0.5, 0.6) is 0 Å². The summed E-state index contributed by atoms with van der Waals surface area (Å²) in [4.78, 5) is 33.9. The molecule has 3 heterocycles. The maximum absolute atomic E-state index is 13.5. The first-order valence-corrected chi connectivity index (χ1v) is 11.7. The number of pyridine rings is 1. The number of carbonyl (C=O) groups is 2. The first-order chi connectivity index (χ1) is 16.5. The molecule has 3 aromatic rings. The number of rotatable bonds is 6. The zero-order valence-corrected chi connectivity index (χ0v) is 20.0. The number of esters is 1. The van der Waals surface area contributed by atoms with Crippen molar-refractivity contribution in [3.05, 3.63) is 76.7 Å². The number of aryl methyl sites for hydroxylation is 1. The van der Waals surface area contributed by atoms with Crippen LogP contribution in [0.4, 0.5) is 5.82 Å². The number of amides is 1. The summed E-state index contributed by atoms with van der Waals surface area (Å²) in [7, 11) is 0. The van der Waals surface area contributed by atoms with E-state index in [1.807, 2.05) is 47.7 Å². The third kappa shape index (κ3) is 5.11. The summed E-state index contributed by atoms with van der Waals surface area (Å²) in [6.07, 6.45) is 2.39. The lowest BCUT2D eigenvalue weighted by Gasteiger charge is -2.23. The molecular formula is C26H31N5O3. The third-order valence-corrected chi connectivity index (χ3v) is 6.14. The second kappa shape index (κ2) is 10.5. The lowest BCUT2D eigenvalue weighted by Crippen LogP contribution is -2.36. The topological polar surface area (TPSA) is 80.6 Å². The minimum absolute atomic E-state index is 0.0294. The number of aromatic nitrogens is 3. The van der Waals surface area contributed by atoms with E-state index in [1.165, 1.54) is 0 Å². The summed E-state index contributed by atoms with van der Waals surface area (Å²) < 4.78 is 6.94. The predicted octanol–water partition coefficient (Wildman–Crippen LogP) is 3.47. The molecule has 0 unspecified atom stereocenters. The summed E-state index contributed by atoms with van der Waals surface area (Å²) in [6.45, 7) is 9.37. The number of benzene rings is 1. The van der Waals surface area contributed by atoms with Gasteiger partial charge in [-0.05, 0) is 44.9 Å². The molecular weight excluding hydrogens is 430 g/mol. The van der Waals surface area contributed by atoms with Gasteiger partial charge in [-0.15, -0.1) is 0 Å². The zero-order valence-electron chi connectivity index (χ0n) is 20.0. The largest absolute Gasteiger partial charge is 0.462 e. The fraction of sp³-hybridized carbons (Fsp3) is 0.385. The smallest absolute Gasteiger partial charge is 0.339 e. The van der Waals surface area contributed by atoms with Crippen molar-refractivity contribution in [2.24, 2.45) is 0 Å². The number of ether oxygens (including phenoxy) is 1. The second-order valence-electron chi connectivity index (χ2n) is 8.45. The molecule has 1 fully saturated rings. The number of carbonyl (C=O) groups excluding carboxylic acids is 2. The molecule has 8 heteroatoms. The molecule has 0 spiro atoms. The molecule has 1 aromatic carbocycles. The van der Waals surface area contributed by atoms with Crippen LogP contribution in [0.2, 0.25) is 0 Å². The zero-order chi connectivity index (χ0) is 24.1. The third-order valence-electron chi connectivity index (χ3n) is 6.14. The van der Waals surface area contributed by atoms with Gasteiger partial charge in [-0.25, -0.2) is 9.78 Å². The fourth-order valence-corrected chi connectivity index (χ4v) is 4.33. The fourth-order valence-electron chi connectivity index (χ4n) is 4.33. The van der Waals surface area contributed by atoms with E-state index in [0.717, 1.165) is 35.7 Å². The normalized spacial score (nSPS) is 14.1. The van der Waals surface area contributed by atoms with E-state index >= 15 is 0 Å². The van der Waals surface area contributed by atoms with Gasteiger partial charge in [0.1, 0.15) is 5.82 Å². The first-order valence-electron chi connectivity index (χ1n) is 11.7. The molecule has 2 aromatic heterocycles. The lowest BCUT2D eigenvalue weighted by molar-refractivity contribution is 0.0525. The highest BCUT2D eigenvalue weighted by Crippen LogP contribution is 2.20. The van der Waals surface area contributed by atoms with Crippen molar-refractivity contribution in [1.29, 1.82) is 0 Å². The number of hydrogen-bond donors (Lipinski definition) is 0. The van der Waals surface area contributed by atoms with Crippen LogP contribution in [0.15, 0.2) is 48.7 Å². The van der Waals surface area contributed by atoms with Gasteiger partial charge in [0, 0.05) is 38.1 Å². The Balaban J connectivity index is 1.43. The highest BCUT2D eigenvalue weighted by Gasteiger charge is 2.26. The van der Waals surface area contributed by atoms with Crippen molar-refractivity contribution in [1.82, 2.24) is 19.7 Å². The number of nitrogens with zero attached hydrogens (tertiary/aromatic N) is 5. The van der Waals surface area contributed by atoms with E-state index in [-0.39, 0.29) is 11.9 Å². The average molecular weight is 462 g/mol. The first kappa shape index (κ1) is 23.5. The quantitative estimate of drug-likeness (QED) is 0.523. The molecule has 0 radical (unpaired) electrons. The van der Waals surface area contributed by atoms with Crippen molar-refractivity contribution >= 4 is 17.7 Å². The van der Waals surface area contributed by atoms with Gasteiger partial charge >= 0.3 is 5.97 Å². The molecule has 1 amide bonds. The van der Waals surface area contributed by atoms with E-state index in [0.29, 0.717) is 43.9 Å². The van der Waals surface area contributed by atoms with Crippen LogP contribution in [0.25, 0.3) is 0 Å². The van der Waals surface area contributed by atoms with Crippen molar-refractivity contribution < 1.29 is 14.3 Å². The molecule has 0 atom stereocenters. The van der Waals surface area contributed by atoms with E-state index in [4.69, 9.17) is 4.74 Å². The van der Waals surface area contributed by atoms with Gasteiger partial charge in [-0.2, -0.15) is 5.10 Å². The van der Waals surface area contributed by atoms with Gasteiger partial charge in [0.05, 0.1) is 30.0 Å². The Kier molecular flexibility index (Phi) is 7.25. The second-order valence-corrected chi connectivity index (χ2v) is 8.45. The minimum atomic E-state index is -0.368. The molecule has 0 aliphatic carbocycles. The van der Waals surface area contributed by atoms with Crippen LogP contribution in [-0.4, -0.2) is 64.3 Å². The molecule has 0 N–H and O–H groups in total. The average Bonchev–Trinajstić information content (AvgIpc) is 3.00. The molecule has 0 bridgehead atoms. The summed E-state index contributed by atoms with van der Waals surface area (Å²) in [5, 5.41) is 4.65. The van der Waals surface area contributed by atoms with Crippen LogP contribution in [0, 0.1) is 13.8 Å². The summed E-state index contributed by atoms with van der Waals surface area (Å²) >= 11 is 0. The maximum atomic E-state index is 13.5. The highest BCUT2D eigenvalue weighted by atomic mass is 16.5. The summed E-state index contributed by atoms with van der Waals surface area (Å²) in [5.41, 5.74) is 3.94. The monoisotopic (exact) mass is 461 g/mol. The van der Waals surface area contributed by atoms with Gasteiger partial charge in [0.2, 0.25) is 0 Å². The minimum Gasteiger partial charge on any atom is -0.462 e. The Morgan fingerprint density at radius 1 is 1.00 bits per heavy atom. The Bertz CT molecular complexity index is 1140. The van der Waals surface area contributed by atoms with Crippen LogP contribution in [0.3, 0.4) is 0 Å². The van der Waals surface area contributed by atoms with Gasteiger partial charge in [0.25, 0.3) is 5.91 Å².